The molecule has 0 aromatic heterocycles. The number of carbonyl (C=O) groups is 3. The number of ether oxygens (including phenoxy) is 1. The Bertz CT molecular complexity index is 556. The molecule has 0 spiro atoms. The number of carboxylic acids is 1. The number of anilines is 1. The second-order valence-corrected chi connectivity index (χ2v) is 4.30. The van der Waals surface area contributed by atoms with Crippen LogP contribution in [0.4, 0.5) is 5.69 Å². The molecule has 0 saturated carbocycles. The molecule has 1 aromatic rings. The molecule has 2 amide bonds. The van der Waals surface area contributed by atoms with Crippen molar-refractivity contribution < 1.29 is 24.2 Å². The van der Waals surface area contributed by atoms with Crippen molar-refractivity contribution in [2.45, 2.75) is 12.8 Å². The van der Waals surface area contributed by atoms with Crippen molar-refractivity contribution in [3.05, 3.63) is 23.8 Å². The summed E-state index contributed by atoms with van der Waals surface area (Å²) in [5, 5.41) is 13.7. The van der Waals surface area contributed by atoms with Crippen LogP contribution in [0, 0.1) is 0 Å². The van der Waals surface area contributed by atoms with Crippen LogP contribution in [0.3, 0.4) is 0 Å². The van der Waals surface area contributed by atoms with E-state index in [0.717, 1.165) is 0 Å². The summed E-state index contributed by atoms with van der Waals surface area (Å²) in [6.07, 6.45) is 0.375. The van der Waals surface area contributed by atoms with Crippen LogP contribution in [0.2, 0.25) is 0 Å². The van der Waals surface area contributed by atoms with E-state index >= 15 is 0 Å². The van der Waals surface area contributed by atoms with E-state index in [1.807, 2.05) is 0 Å². The lowest BCUT2D eigenvalue weighted by Crippen LogP contribution is -2.27. The lowest BCUT2D eigenvalue weighted by Gasteiger charge is -2.18. The van der Waals surface area contributed by atoms with Crippen molar-refractivity contribution >= 4 is 23.5 Å². The molecule has 0 fully saturated rings. The minimum Gasteiger partial charge on any atom is -0.482 e. The highest BCUT2D eigenvalue weighted by atomic mass is 16.5. The van der Waals surface area contributed by atoms with E-state index in [1.165, 1.54) is 6.07 Å². The number of amides is 2. The number of nitrogens with one attached hydrogen (secondary N) is 2. The van der Waals surface area contributed by atoms with Crippen LogP contribution in [0.15, 0.2) is 18.2 Å². The van der Waals surface area contributed by atoms with Gasteiger partial charge in [0.1, 0.15) is 5.75 Å². The maximum absolute atomic E-state index is 11.8. The standard InChI is InChI=1S/C13H14N2O5/c16-11-7-20-10-4-3-8(6-9(10)15-11)13(19)14-5-1-2-12(17)18/h3-4,6H,1-2,5,7H2,(H,14,19)(H,15,16)(H,17,18). The van der Waals surface area contributed by atoms with E-state index in [4.69, 9.17) is 9.84 Å². The molecule has 3 N–H and O–H groups in total. The van der Waals surface area contributed by atoms with Gasteiger partial charge in [0.25, 0.3) is 11.8 Å². The molecule has 0 radical (unpaired) electrons. The Kier molecular flexibility index (Phi) is 4.19. The number of hydrogen-bond donors (Lipinski definition) is 3. The molecule has 7 nitrogen and oxygen atoms in total. The zero-order chi connectivity index (χ0) is 14.5. The molecule has 1 heterocycles. The number of aliphatic carboxylic acids is 1. The molecule has 7 heteroatoms. The number of rotatable bonds is 5. The van der Waals surface area contributed by atoms with Gasteiger partial charge in [0.2, 0.25) is 0 Å². The maximum Gasteiger partial charge on any atom is 0.303 e. The van der Waals surface area contributed by atoms with Gasteiger partial charge in [-0.2, -0.15) is 0 Å². The van der Waals surface area contributed by atoms with Crippen molar-refractivity contribution in [1.29, 1.82) is 0 Å². The third kappa shape index (κ3) is 3.47. The van der Waals surface area contributed by atoms with E-state index in [2.05, 4.69) is 10.6 Å². The molecule has 0 bridgehead atoms. The molecule has 0 aliphatic carbocycles. The van der Waals surface area contributed by atoms with Crippen molar-refractivity contribution in [2.24, 2.45) is 0 Å². The van der Waals surface area contributed by atoms with Crippen LogP contribution in [-0.2, 0) is 9.59 Å². The number of hydrogen-bond acceptors (Lipinski definition) is 4. The summed E-state index contributed by atoms with van der Waals surface area (Å²) in [6, 6.07) is 4.72. The fourth-order valence-electron chi connectivity index (χ4n) is 1.77. The van der Waals surface area contributed by atoms with Crippen LogP contribution in [-0.4, -0.2) is 36.0 Å². The molecular weight excluding hydrogens is 264 g/mol. The van der Waals surface area contributed by atoms with Crippen LogP contribution in [0.25, 0.3) is 0 Å². The first-order chi connectivity index (χ1) is 9.56. The van der Waals surface area contributed by atoms with Crippen LogP contribution < -0.4 is 15.4 Å². The summed E-state index contributed by atoms with van der Waals surface area (Å²) in [4.78, 5) is 33.4. The van der Waals surface area contributed by atoms with Crippen LogP contribution >= 0.6 is 0 Å². The van der Waals surface area contributed by atoms with Gasteiger partial charge in [-0.05, 0) is 24.6 Å². The Labute approximate surface area is 114 Å². The summed E-state index contributed by atoms with van der Waals surface area (Å²) < 4.78 is 5.19. The van der Waals surface area contributed by atoms with Gasteiger partial charge in [-0.15, -0.1) is 0 Å². The zero-order valence-electron chi connectivity index (χ0n) is 10.6. The van der Waals surface area contributed by atoms with Gasteiger partial charge in [-0.1, -0.05) is 0 Å². The van der Waals surface area contributed by atoms with E-state index < -0.39 is 5.97 Å². The molecule has 1 aliphatic rings. The normalized spacial score (nSPS) is 12.9. The van der Waals surface area contributed by atoms with Gasteiger partial charge in [-0.3, -0.25) is 14.4 Å². The minimum atomic E-state index is -0.895. The van der Waals surface area contributed by atoms with E-state index in [9.17, 15) is 14.4 Å². The predicted octanol–water partition coefficient (Wildman–Crippen LogP) is 0.612. The quantitative estimate of drug-likeness (QED) is 0.684. The Morgan fingerprint density at radius 2 is 2.20 bits per heavy atom. The Balaban J connectivity index is 1.95. The number of fused-ring (bicyclic) bond motifs is 1. The lowest BCUT2D eigenvalue weighted by molar-refractivity contribution is -0.137. The summed E-state index contributed by atoms with van der Waals surface area (Å²) in [5.41, 5.74) is 0.837. The van der Waals surface area contributed by atoms with Crippen LogP contribution in [0.5, 0.6) is 5.75 Å². The van der Waals surface area contributed by atoms with Gasteiger partial charge in [0.05, 0.1) is 5.69 Å². The lowest BCUT2D eigenvalue weighted by atomic mass is 10.1. The fraction of sp³-hybridized carbons (Fsp3) is 0.308. The monoisotopic (exact) mass is 278 g/mol. The molecule has 0 saturated heterocycles. The number of carbonyl (C=O) groups excluding carboxylic acids is 2. The highest BCUT2D eigenvalue weighted by Crippen LogP contribution is 2.28. The third-order valence-corrected chi connectivity index (χ3v) is 2.73. The molecular formula is C13H14N2O5. The summed E-state index contributed by atoms with van der Waals surface area (Å²) in [5.74, 6) is -0.963. The second kappa shape index (κ2) is 6.05. The van der Waals surface area contributed by atoms with Crippen molar-refractivity contribution in [2.75, 3.05) is 18.5 Å². The average molecular weight is 278 g/mol. The molecule has 1 aliphatic heterocycles. The summed E-state index contributed by atoms with van der Waals surface area (Å²) in [7, 11) is 0. The van der Waals surface area contributed by atoms with Gasteiger partial charge < -0.3 is 20.5 Å². The van der Waals surface area contributed by atoms with Crippen LogP contribution in [0.1, 0.15) is 23.2 Å². The van der Waals surface area contributed by atoms with E-state index in [-0.39, 0.29) is 31.4 Å². The Hall–Kier alpha value is -2.57. The SMILES string of the molecule is O=C(O)CCCNC(=O)c1ccc2c(c1)NC(=O)CO2. The largest absolute Gasteiger partial charge is 0.482 e. The zero-order valence-corrected chi connectivity index (χ0v) is 10.6. The highest BCUT2D eigenvalue weighted by Gasteiger charge is 2.17. The minimum absolute atomic E-state index is 0.00830. The summed E-state index contributed by atoms with van der Waals surface area (Å²) in [6.45, 7) is 0.249. The third-order valence-electron chi connectivity index (χ3n) is 2.73. The van der Waals surface area contributed by atoms with Gasteiger partial charge >= 0.3 is 5.97 Å². The van der Waals surface area contributed by atoms with Crippen molar-refractivity contribution in [3.8, 4) is 5.75 Å². The van der Waals surface area contributed by atoms with E-state index in [0.29, 0.717) is 23.4 Å². The summed E-state index contributed by atoms with van der Waals surface area (Å²) >= 11 is 0. The van der Waals surface area contributed by atoms with Gasteiger partial charge in [0.15, 0.2) is 6.61 Å². The molecule has 20 heavy (non-hydrogen) atoms. The maximum atomic E-state index is 11.8. The fourth-order valence-corrected chi connectivity index (χ4v) is 1.77. The Morgan fingerprint density at radius 3 is 2.95 bits per heavy atom. The first-order valence-corrected chi connectivity index (χ1v) is 6.13. The topological polar surface area (TPSA) is 105 Å². The first kappa shape index (κ1) is 13.9. The highest BCUT2D eigenvalue weighted by molar-refractivity contribution is 5.99. The molecule has 106 valence electrons. The molecule has 2 rings (SSSR count). The smallest absolute Gasteiger partial charge is 0.303 e. The first-order valence-electron chi connectivity index (χ1n) is 6.13. The molecule has 1 aromatic carbocycles. The van der Waals surface area contributed by atoms with Crippen molar-refractivity contribution in [1.82, 2.24) is 5.32 Å². The molecule has 0 unspecified atom stereocenters. The van der Waals surface area contributed by atoms with E-state index in [1.54, 1.807) is 12.1 Å². The van der Waals surface area contributed by atoms with Crippen molar-refractivity contribution in [3.63, 3.8) is 0 Å². The van der Waals surface area contributed by atoms with Gasteiger partial charge in [0, 0.05) is 18.5 Å². The Morgan fingerprint density at radius 1 is 1.40 bits per heavy atom. The number of benzene rings is 1. The second-order valence-electron chi connectivity index (χ2n) is 4.30. The predicted molar refractivity (Wildman–Crippen MR) is 69.8 cm³/mol. The van der Waals surface area contributed by atoms with Gasteiger partial charge in [-0.25, -0.2) is 0 Å². The average Bonchev–Trinajstić information content (AvgIpc) is 2.42. The molecule has 0 atom stereocenters. The number of carboxylic acid groups (broad SMARTS) is 1.